The lowest BCUT2D eigenvalue weighted by molar-refractivity contribution is -0.115. The first-order valence-electron chi connectivity index (χ1n) is 10.4. The molecule has 2 heterocycles. The maximum atomic E-state index is 13.3. The standard InChI is InChI=1S/C24H26FN3OS/c25-19-8-6-18(7-9-19)24(22-5-4-16-30-22)26-17-23(29)27-20-10-12-21(13-11-20)28-14-2-1-3-15-28/h4-13,16,24,26H,1-3,14-15,17H2,(H,27,29). The predicted molar refractivity (Wildman–Crippen MR) is 122 cm³/mol. The number of anilines is 2. The van der Waals surface area contributed by atoms with Gasteiger partial charge in [0, 0.05) is 29.3 Å². The molecular formula is C24H26FN3OS. The van der Waals surface area contributed by atoms with Crippen LogP contribution >= 0.6 is 11.3 Å². The summed E-state index contributed by atoms with van der Waals surface area (Å²) in [6.45, 7) is 2.36. The number of halogens is 1. The van der Waals surface area contributed by atoms with Crippen molar-refractivity contribution in [1.29, 1.82) is 0 Å². The third kappa shape index (κ3) is 5.26. The Balaban J connectivity index is 1.36. The fourth-order valence-corrected chi connectivity index (χ4v) is 4.63. The number of carbonyl (C=O) groups excluding carboxylic acids is 1. The van der Waals surface area contributed by atoms with Crippen LogP contribution in [0.5, 0.6) is 0 Å². The minimum Gasteiger partial charge on any atom is -0.372 e. The first-order valence-corrected chi connectivity index (χ1v) is 11.2. The van der Waals surface area contributed by atoms with Crippen LogP contribution < -0.4 is 15.5 Å². The van der Waals surface area contributed by atoms with Gasteiger partial charge in [-0.3, -0.25) is 10.1 Å². The molecule has 1 atom stereocenters. The summed E-state index contributed by atoms with van der Waals surface area (Å²) in [6, 6.07) is 18.3. The van der Waals surface area contributed by atoms with Gasteiger partial charge >= 0.3 is 0 Å². The molecule has 1 aliphatic heterocycles. The molecule has 0 aliphatic carbocycles. The molecule has 0 spiro atoms. The summed E-state index contributed by atoms with van der Waals surface area (Å²) in [6.07, 6.45) is 3.79. The number of rotatable bonds is 7. The highest BCUT2D eigenvalue weighted by molar-refractivity contribution is 7.10. The van der Waals surface area contributed by atoms with Crippen LogP contribution in [0.3, 0.4) is 0 Å². The molecule has 2 N–H and O–H groups in total. The average Bonchev–Trinajstić information content (AvgIpc) is 3.31. The van der Waals surface area contributed by atoms with Gasteiger partial charge in [0.15, 0.2) is 0 Å². The Labute approximate surface area is 180 Å². The van der Waals surface area contributed by atoms with E-state index in [2.05, 4.69) is 27.7 Å². The molecule has 3 aromatic rings. The molecule has 6 heteroatoms. The van der Waals surface area contributed by atoms with Crippen LogP contribution in [0.25, 0.3) is 0 Å². The quantitative estimate of drug-likeness (QED) is 0.549. The Bertz CT molecular complexity index is 936. The number of nitrogens with one attached hydrogen (secondary N) is 2. The van der Waals surface area contributed by atoms with Gasteiger partial charge in [0.2, 0.25) is 5.91 Å². The summed E-state index contributed by atoms with van der Waals surface area (Å²) >= 11 is 1.61. The van der Waals surface area contributed by atoms with E-state index in [1.54, 1.807) is 23.5 Å². The number of hydrogen-bond acceptors (Lipinski definition) is 4. The molecule has 1 unspecified atom stereocenters. The molecule has 0 saturated carbocycles. The van der Waals surface area contributed by atoms with E-state index in [0.29, 0.717) is 0 Å². The number of nitrogens with zero attached hydrogens (tertiary/aromatic N) is 1. The van der Waals surface area contributed by atoms with Gasteiger partial charge in [-0.25, -0.2) is 4.39 Å². The molecule has 1 saturated heterocycles. The fourth-order valence-electron chi connectivity index (χ4n) is 3.80. The van der Waals surface area contributed by atoms with Gasteiger partial charge in [0.25, 0.3) is 0 Å². The van der Waals surface area contributed by atoms with Gasteiger partial charge in [-0.1, -0.05) is 18.2 Å². The summed E-state index contributed by atoms with van der Waals surface area (Å²) in [5, 5.41) is 8.26. The van der Waals surface area contributed by atoms with Crippen molar-refractivity contribution in [3.05, 3.63) is 82.3 Å². The summed E-state index contributed by atoms with van der Waals surface area (Å²) in [7, 11) is 0. The summed E-state index contributed by atoms with van der Waals surface area (Å²) < 4.78 is 13.3. The van der Waals surface area contributed by atoms with Crippen LogP contribution in [0.2, 0.25) is 0 Å². The lowest BCUT2D eigenvalue weighted by Gasteiger charge is -2.28. The zero-order valence-electron chi connectivity index (χ0n) is 16.8. The minimum absolute atomic E-state index is 0.107. The second-order valence-electron chi connectivity index (χ2n) is 7.52. The molecule has 1 aromatic heterocycles. The van der Waals surface area contributed by atoms with Crippen molar-refractivity contribution in [3.63, 3.8) is 0 Å². The highest BCUT2D eigenvalue weighted by Gasteiger charge is 2.17. The van der Waals surface area contributed by atoms with Gasteiger partial charge in [0.05, 0.1) is 12.6 Å². The fraction of sp³-hybridized carbons (Fsp3) is 0.292. The van der Waals surface area contributed by atoms with Crippen LogP contribution in [0, 0.1) is 5.82 Å². The summed E-state index contributed by atoms with van der Waals surface area (Å²) in [4.78, 5) is 16.0. The maximum Gasteiger partial charge on any atom is 0.238 e. The molecule has 0 radical (unpaired) electrons. The molecule has 4 rings (SSSR count). The number of amides is 1. The first kappa shape index (κ1) is 20.6. The lowest BCUT2D eigenvalue weighted by atomic mass is 10.1. The van der Waals surface area contributed by atoms with Crippen LogP contribution in [0.4, 0.5) is 15.8 Å². The van der Waals surface area contributed by atoms with E-state index >= 15 is 0 Å². The third-order valence-corrected chi connectivity index (χ3v) is 6.31. The van der Waals surface area contributed by atoms with E-state index in [-0.39, 0.29) is 24.3 Å². The van der Waals surface area contributed by atoms with Crippen molar-refractivity contribution in [1.82, 2.24) is 5.32 Å². The lowest BCUT2D eigenvalue weighted by Crippen LogP contribution is -2.31. The zero-order valence-corrected chi connectivity index (χ0v) is 17.6. The van der Waals surface area contributed by atoms with Gasteiger partial charge in [-0.05, 0) is 72.7 Å². The zero-order chi connectivity index (χ0) is 20.8. The van der Waals surface area contributed by atoms with E-state index in [4.69, 9.17) is 0 Å². The minimum atomic E-state index is -0.269. The molecule has 156 valence electrons. The van der Waals surface area contributed by atoms with E-state index in [9.17, 15) is 9.18 Å². The number of thiophene rings is 1. The van der Waals surface area contributed by atoms with Crippen molar-refractivity contribution in [2.75, 3.05) is 29.9 Å². The number of benzene rings is 2. The highest BCUT2D eigenvalue weighted by atomic mass is 32.1. The van der Waals surface area contributed by atoms with Crippen LogP contribution in [-0.2, 0) is 4.79 Å². The highest BCUT2D eigenvalue weighted by Crippen LogP contribution is 2.26. The van der Waals surface area contributed by atoms with Crippen LogP contribution in [-0.4, -0.2) is 25.5 Å². The molecule has 0 bridgehead atoms. The van der Waals surface area contributed by atoms with E-state index in [0.717, 1.165) is 29.2 Å². The van der Waals surface area contributed by atoms with Crippen molar-refractivity contribution >= 4 is 28.6 Å². The van der Waals surface area contributed by atoms with Crippen LogP contribution in [0.1, 0.15) is 35.7 Å². The van der Waals surface area contributed by atoms with Gasteiger partial charge in [-0.2, -0.15) is 0 Å². The Kier molecular flexibility index (Phi) is 6.77. The summed E-state index contributed by atoms with van der Waals surface area (Å²) in [5.74, 6) is -0.376. The second-order valence-corrected chi connectivity index (χ2v) is 8.50. The maximum absolute atomic E-state index is 13.3. The van der Waals surface area contributed by atoms with Gasteiger partial charge < -0.3 is 10.2 Å². The third-order valence-electron chi connectivity index (χ3n) is 5.37. The number of carbonyl (C=O) groups is 1. The Morgan fingerprint density at radius 1 is 1.00 bits per heavy atom. The Morgan fingerprint density at radius 3 is 2.40 bits per heavy atom. The summed E-state index contributed by atoms with van der Waals surface area (Å²) in [5.41, 5.74) is 2.93. The monoisotopic (exact) mass is 423 g/mol. The van der Waals surface area contributed by atoms with E-state index in [1.807, 2.05) is 29.6 Å². The smallest absolute Gasteiger partial charge is 0.238 e. The second kappa shape index (κ2) is 9.87. The average molecular weight is 424 g/mol. The normalized spacial score (nSPS) is 15.0. The number of hydrogen-bond donors (Lipinski definition) is 2. The van der Waals surface area contributed by atoms with Crippen molar-refractivity contribution in [2.24, 2.45) is 0 Å². The predicted octanol–water partition coefficient (Wildman–Crippen LogP) is 5.20. The van der Waals surface area contributed by atoms with Crippen molar-refractivity contribution in [3.8, 4) is 0 Å². The molecule has 30 heavy (non-hydrogen) atoms. The van der Waals surface area contributed by atoms with Crippen molar-refractivity contribution < 1.29 is 9.18 Å². The molecular weight excluding hydrogens is 397 g/mol. The van der Waals surface area contributed by atoms with Crippen molar-refractivity contribution in [2.45, 2.75) is 25.3 Å². The molecule has 4 nitrogen and oxygen atoms in total. The topological polar surface area (TPSA) is 44.4 Å². The van der Waals surface area contributed by atoms with Gasteiger partial charge in [0.1, 0.15) is 5.82 Å². The molecule has 1 fully saturated rings. The Morgan fingerprint density at radius 2 is 1.73 bits per heavy atom. The Hall–Kier alpha value is -2.70. The molecule has 2 aromatic carbocycles. The van der Waals surface area contributed by atoms with Gasteiger partial charge in [-0.15, -0.1) is 11.3 Å². The number of piperidine rings is 1. The SMILES string of the molecule is O=C(CNC(c1ccc(F)cc1)c1cccs1)Nc1ccc(N2CCCCC2)cc1. The molecule has 1 amide bonds. The first-order chi connectivity index (χ1) is 14.7. The largest absolute Gasteiger partial charge is 0.372 e. The molecule has 1 aliphatic rings. The van der Waals surface area contributed by atoms with E-state index in [1.165, 1.54) is 37.1 Å². The van der Waals surface area contributed by atoms with E-state index < -0.39 is 0 Å². The van der Waals surface area contributed by atoms with Crippen LogP contribution in [0.15, 0.2) is 66.0 Å².